The first-order valence-electron chi connectivity index (χ1n) is 6.57. The highest BCUT2D eigenvalue weighted by Crippen LogP contribution is 2.32. The third-order valence-corrected chi connectivity index (χ3v) is 3.58. The molecule has 1 nitrogen and oxygen atoms in total. The summed E-state index contributed by atoms with van der Waals surface area (Å²) in [6, 6.07) is 10.8. The largest absolute Gasteiger partial charge is 0.206 e. The summed E-state index contributed by atoms with van der Waals surface area (Å²) >= 11 is 0. The molecular weight excluding hydrogens is 256 g/mol. The summed E-state index contributed by atoms with van der Waals surface area (Å²) in [6.07, 6.45) is 0.910. The zero-order chi connectivity index (χ0) is 14.7. The monoisotopic (exact) mass is 271 g/mol. The molecule has 0 saturated heterocycles. The molecule has 2 aromatic carbocycles. The van der Waals surface area contributed by atoms with Crippen molar-refractivity contribution < 1.29 is 8.78 Å². The van der Waals surface area contributed by atoms with Crippen LogP contribution in [0.1, 0.15) is 37.3 Å². The summed E-state index contributed by atoms with van der Waals surface area (Å²) in [5.41, 5.74) is 1.27. The second-order valence-corrected chi connectivity index (χ2v) is 4.82. The highest BCUT2D eigenvalue weighted by Gasteiger charge is 2.16. The number of hydrogen-bond acceptors (Lipinski definition) is 1. The average Bonchev–Trinajstić information content (AvgIpc) is 2.47. The van der Waals surface area contributed by atoms with Gasteiger partial charge in [0.2, 0.25) is 0 Å². The molecule has 2 aromatic rings. The van der Waals surface area contributed by atoms with Gasteiger partial charge in [0.25, 0.3) is 0 Å². The van der Waals surface area contributed by atoms with Crippen LogP contribution in [0.2, 0.25) is 0 Å². The van der Waals surface area contributed by atoms with Gasteiger partial charge in [-0.3, -0.25) is 0 Å². The van der Waals surface area contributed by atoms with E-state index in [0.29, 0.717) is 0 Å². The van der Waals surface area contributed by atoms with Crippen LogP contribution in [0, 0.1) is 23.0 Å². The Hall–Kier alpha value is -2.21. The molecule has 0 aliphatic rings. The highest BCUT2D eigenvalue weighted by molar-refractivity contribution is 5.72. The van der Waals surface area contributed by atoms with Crippen molar-refractivity contribution >= 4 is 0 Å². The van der Waals surface area contributed by atoms with Gasteiger partial charge >= 0.3 is 0 Å². The minimum absolute atomic E-state index is 0.0395. The van der Waals surface area contributed by atoms with Gasteiger partial charge in [-0.1, -0.05) is 26.0 Å². The second-order valence-electron chi connectivity index (χ2n) is 4.82. The molecule has 0 aliphatic carbocycles. The van der Waals surface area contributed by atoms with Crippen LogP contribution in [-0.2, 0) is 0 Å². The fraction of sp³-hybridized carbons (Fsp3) is 0.235. The Bertz CT molecular complexity index is 671. The van der Waals surface area contributed by atoms with E-state index in [4.69, 9.17) is 5.26 Å². The molecule has 0 aromatic heterocycles. The van der Waals surface area contributed by atoms with E-state index in [2.05, 4.69) is 0 Å². The Morgan fingerprint density at radius 3 is 2.55 bits per heavy atom. The van der Waals surface area contributed by atoms with Crippen LogP contribution in [0.15, 0.2) is 36.4 Å². The van der Waals surface area contributed by atoms with E-state index in [0.717, 1.165) is 12.0 Å². The quantitative estimate of drug-likeness (QED) is 0.769. The second kappa shape index (κ2) is 5.83. The SMILES string of the molecule is CCC(C)c1ccc(F)c(-c2c(F)cccc2C#N)c1. The molecule has 20 heavy (non-hydrogen) atoms. The van der Waals surface area contributed by atoms with Gasteiger partial charge in [0.15, 0.2) is 0 Å². The number of nitriles is 1. The van der Waals surface area contributed by atoms with Crippen molar-refractivity contribution in [2.24, 2.45) is 0 Å². The van der Waals surface area contributed by atoms with Crippen molar-refractivity contribution in [1.82, 2.24) is 0 Å². The van der Waals surface area contributed by atoms with E-state index in [-0.39, 0.29) is 22.6 Å². The summed E-state index contributed by atoms with van der Waals surface area (Å²) < 4.78 is 28.0. The molecule has 0 amide bonds. The standard InChI is InChI=1S/C17H15F2N/c1-3-11(2)12-7-8-15(18)14(9-12)17-13(10-20)5-4-6-16(17)19/h4-9,11H,3H2,1-2H3. The zero-order valence-electron chi connectivity index (χ0n) is 11.5. The smallest absolute Gasteiger partial charge is 0.132 e. The zero-order valence-corrected chi connectivity index (χ0v) is 11.5. The maximum Gasteiger partial charge on any atom is 0.132 e. The lowest BCUT2D eigenvalue weighted by molar-refractivity contribution is 0.614. The van der Waals surface area contributed by atoms with Crippen molar-refractivity contribution in [3.8, 4) is 17.2 Å². The Morgan fingerprint density at radius 1 is 1.15 bits per heavy atom. The Morgan fingerprint density at radius 2 is 1.90 bits per heavy atom. The molecule has 0 fully saturated rings. The molecule has 0 saturated carbocycles. The predicted molar refractivity (Wildman–Crippen MR) is 75.2 cm³/mol. The van der Waals surface area contributed by atoms with Gasteiger partial charge < -0.3 is 0 Å². The van der Waals surface area contributed by atoms with Crippen molar-refractivity contribution in [3.05, 3.63) is 59.2 Å². The fourth-order valence-electron chi connectivity index (χ4n) is 2.17. The average molecular weight is 271 g/mol. The number of halogens is 2. The number of hydrogen-bond donors (Lipinski definition) is 0. The molecular formula is C17H15F2N. The lowest BCUT2D eigenvalue weighted by atomic mass is 9.92. The summed E-state index contributed by atoms with van der Waals surface area (Å²) in [5, 5.41) is 9.08. The summed E-state index contributed by atoms with van der Waals surface area (Å²) in [4.78, 5) is 0. The van der Waals surface area contributed by atoms with Gasteiger partial charge in [-0.2, -0.15) is 5.26 Å². The molecule has 0 heterocycles. The van der Waals surface area contributed by atoms with Crippen LogP contribution in [0.3, 0.4) is 0 Å². The number of nitrogens with zero attached hydrogens (tertiary/aromatic N) is 1. The Kier molecular flexibility index (Phi) is 4.14. The lowest BCUT2D eigenvalue weighted by Gasteiger charge is -2.13. The molecule has 1 atom stereocenters. The molecule has 3 heteroatoms. The molecule has 0 bridgehead atoms. The van der Waals surface area contributed by atoms with Gasteiger partial charge in [-0.05, 0) is 42.2 Å². The summed E-state index contributed by atoms with van der Waals surface area (Å²) in [7, 11) is 0. The van der Waals surface area contributed by atoms with Crippen LogP contribution in [0.25, 0.3) is 11.1 Å². The molecule has 102 valence electrons. The van der Waals surface area contributed by atoms with Gasteiger partial charge in [-0.25, -0.2) is 8.78 Å². The first-order valence-corrected chi connectivity index (χ1v) is 6.57. The van der Waals surface area contributed by atoms with Gasteiger partial charge in [0.1, 0.15) is 11.6 Å². The molecule has 1 unspecified atom stereocenters. The van der Waals surface area contributed by atoms with E-state index in [1.165, 1.54) is 24.3 Å². The van der Waals surface area contributed by atoms with Gasteiger partial charge in [0, 0.05) is 11.1 Å². The van der Waals surface area contributed by atoms with E-state index >= 15 is 0 Å². The Labute approximate surface area is 117 Å². The molecule has 2 rings (SSSR count). The van der Waals surface area contributed by atoms with Crippen LogP contribution >= 0.6 is 0 Å². The molecule has 0 aliphatic heterocycles. The maximum absolute atomic E-state index is 14.0. The Balaban J connectivity index is 2.67. The fourth-order valence-corrected chi connectivity index (χ4v) is 2.17. The van der Waals surface area contributed by atoms with Crippen molar-refractivity contribution in [2.45, 2.75) is 26.2 Å². The predicted octanol–water partition coefficient (Wildman–Crippen LogP) is 5.02. The topological polar surface area (TPSA) is 23.8 Å². The molecule has 0 spiro atoms. The van der Waals surface area contributed by atoms with Crippen LogP contribution < -0.4 is 0 Å². The highest BCUT2D eigenvalue weighted by atomic mass is 19.1. The minimum Gasteiger partial charge on any atom is -0.206 e. The minimum atomic E-state index is -0.579. The number of benzene rings is 2. The van der Waals surface area contributed by atoms with Crippen LogP contribution in [-0.4, -0.2) is 0 Å². The van der Waals surface area contributed by atoms with Crippen molar-refractivity contribution in [1.29, 1.82) is 5.26 Å². The van der Waals surface area contributed by atoms with Crippen LogP contribution in [0.4, 0.5) is 8.78 Å². The third-order valence-electron chi connectivity index (χ3n) is 3.58. The van der Waals surface area contributed by atoms with E-state index in [9.17, 15) is 8.78 Å². The summed E-state index contributed by atoms with van der Waals surface area (Å²) in [5.74, 6) is -0.838. The first-order chi connectivity index (χ1) is 9.58. The van der Waals surface area contributed by atoms with Crippen molar-refractivity contribution in [3.63, 3.8) is 0 Å². The van der Waals surface area contributed by atoms with Crippen molar-refractivity contribution in [2.75, 3.05) is 0 Å². The summed E-state index contributed by atoms with van der Waals surface area (Å²) in [6.45, 7) is 4.07. The van der Waals surface area contributed by atoms with Gasteiger partial charge in [-0.15, -0.1) is 0 Å². The van der Waals surface area contributed by atoms with Gasteiger partial charge in [0.05, 0.1) is 11.6 Å². The normalized spacial score (nSPS) is 11.9. The lowest BCUT2D eigenvalue weighted by Crippen LogP contribution is -1.97. The number of rotatable bonds is 3. The molecule has 0 N–H and O–H groups in total. The van der Waals surface area contributed by atoms with Crippen LogP contribution in [0.5, 0.6) is 0 Å². The van der Waals surface area contributed by atoms with E-state index in [1.807, 2.05) is 19.9 Å². The third kappa shape index (κ3) is 2.55. The maximum atomic E-state index is 14.0. The molecule has 0 radical (unpaired) electrons. The van der Waals surface area contributed by atoms with E-state index in [1.54, 1.807) is 12.1 Å². The van der Waals surface area contributed by atoms with E-state index < -0.39 is 11.6 Å². The first kappa shape index (κ1) is 14.2.